The highest BCUT2D eigenvalue weighted by Crippen LogP contribution is 2.38. The number of nitrogens with zero attached hydrogens (tertiary/aromatic N) is 2. The van der Waals surface area contributed by atoms with E-state index in [0.29, 0.717) is 29.6 Å². The lowest BCUT2D eigenvalue weighted by atomic mass is 10.2. The second-order valence-electron chi connectivity index (χ2n) is 3.70. The average Bonchev–Trinajstić information content (AvgIpc) is 2.76. The van der Waals surface area contributed by atoms with Gasteiger partial charge in [0.1, 0.15) is 21.5 Å². The number of hydrogen-bond acceptors (Lipinski definition) is 7. The van der Waals surface area contributed by atoms with Gasteiger partial charge in [0.15, 0.2) is 0 Å². The maximum Gasteiger partial charge on any atom is 0.343 e. The number of nitriles is 1. The Kier molecular flexibility index (Phi) is 5.60. The molecule has 1 aromatic heterocycles. The van der Waals surface area contributed by atoms with Crippen LogP contribution in [0.2, 0.25) is 0 Å². The number of rotatable bonds is 6. The topological polar surface area (TPSA) is 88.6 Å². The van der Waals surface area contributed by atoms with Crippen molar-refractivity contribution in [1.82, 2.24) is 0 Å². The first-order valence-corrected chi connectivity index (χ1v) is 6.56. The van der Waals surface area contributed by atoms with Crippen molar-refractivity contribution in [2.24, 2.45) is 0 Å². The first-order valence-electron chi connectivity index (χ1n) is 5.75. The van der Waals surface area contributed by atoms with Crippen LogP contribution in [0.15, 0.2) is 0 Å². The minimum absolute atomic E-state index is 0.185. The number of nitrogen functional groups attached to an aromatic ring is 1. The van der Waals surface area contributed by atoms with Gasteiger partial charge in [-0.1, -0.05) is 0 Å². The molecular weight excluding hydrogens is 266 g/mol. The van der Waals surface area contributed by atoms with Crippen LogP contribution >= 0.6 is 11.3 Å². The van der Waals surface area contributed by atoms with E-state index in [1.165, 1.54) is 18.4 Å². The summed E-state index contributed by atoms with van der Waals surface area (Å²) in [4.78, 5) is 14.1. The second kappa shape index (κ2) is 6.97. The number of carbonyl (C=O) groups is 1. The van der Waals surface area contributed by atoms with E-state index in [1.807, 2.05) is 17.9 Å². The van der Waals surface area contributed by atoms with Crippen molar-refractivity contribution in [2.75, 3.05) is 44.5 Å². The Morgan fingerprint density at radius 2 is 2.21 bits per heavy atom. The fourth-order valence-electron chi connectivity index (χ4n) is 1.64. The highest BCUT2D eigenvalue weighted by atomic mass is 32.1. The van der Waals surface area contributed by atoms with Crippen LogP contribution in [0.4, 0.5) is 10.7 Å². The van der Waals surface area contributed by atoms with Crippen molar-refractivity contribution in [1.29, 1.82) is 5.26 Å². The van der Waals surface area contributed by atoms with Gasteiger partial charge in [-0.3, -0.25) is 0 Å². The van der Waals surface area contributed by atoms with Crippen LogP contribution in [0.25, 0.3) is 0 Å². The maximum absolute atomic E-state index is 11.8. The molecule has 0 aliphatic heterocycles. The molecule has 104 valence electrons. The maximum atomic E-state index is 11.8. The van der Waals surface area contributed by atoms with E-state index in [1.54, 1.807) is 7.11 Å². The van der Waals surface area contributed by atoms with E-state index >= 15 is 0 Å². The summed E-state index contributed by atoms with van der Waals surface area (Å²) in [6, 6.07) is 2.00. The Bertz CT molecular complexity index is 493. The zero-order valence-corrected chi connectivity index (χ0v) is 12.0. The fourth-order valence-corrected chi connectivity index (χ4v) is 2.74. The lowest BCUT2D eigenvalue weighted by molar-refractivity contribution is 0.0603. The van der Waals surface area contributed by atoms with Crippen LogP contribution in [0, 0.1) is 11.3 Å². The number of esters is 1. The molecule has 19 heavy (non-hydrogen) atoms. The molecule has 0 amide bonds. The molecule has 0 aliphatic rings. The molecule has 7 heteroatoms. The van der Waals surface area contributed by atoms with Gasteiger partial charge in [-0.25, -0.2) is 4.79 Å². The molecule has 6 nitrogen and oxygen atoms in total. The molecule has 1 heterocycles. The van der Waals surface area contributed by atoms with Gasteiger partial charge in [0.2, 0.25) is 0 Å². The highest BCUT2D eigenvalue weighted by molar-refractivity contribution is 7.17. The van der Waals surface area contributed by atoms with E-state index in [2.05, 4.69) is 0 Å². The molecular formula is C12H17N3O3S. The molecule has 0 atom stereocenters. The molecule has 1 aromatic rings. The van der Waals surface area contributed by atoms with E-state index in [0.717, 1.165) is 0 Å². The molecule has 0 unspecified atom stereocenters. The summed E-state index contributed by atoms with van der Waals surface area (Å²) < 4.78 is 9.77. The number of methoxy groups -OCH3 is 2. The number of carbonyl (C=O) groups excluding carboxylic acids is 1. The van der Waals surface area contributed by atoms with Crippen molar-refractivity contribution in [2.45, 2.75) is 6.92 Å². The summed E-state index contributed by atoms with van der Waals surface area (Å²) in [7, 11) is 2.90. The van der Waals surface area contributed by atoms with E-state index in [-0.39, 0.29) is 11.3 Å². The summed E-state index contributed by atoms with van der Waals surface area (Å²) in [6.07, 6.45) is 0. The van der Waals surface area contributed by atoms with Gasteiger partial charge >= 0.3 is 5.97 Å². The largest absolute Gasteiger partial charge is 0.465 e. The molecule has 2 N–H and O–H groups in total. The van der Waals surface area contributed by atoms with Gasteiger partial charge in [-0.2, -0.15) is 5.26 Å². The van der Waals surface area contributed by atoms with Crippen LogP contribution in [-0.2, 0) is 9.47 Å². The second-order valence-corrected chi connectivity index (χ2v) is 4.70. The Morgan fingerprint density at radius 1 is 1.53 bits per heavy atom. The van der Waals surface area contributed by atoms with Crippen molar-refractivity contribution in [3.8, 4) is 6.07 Å². The van der Waals surface area contributed by atoms with Crippen molar-refractivity contribution < 1.29 is 14.3 Å². The smallest absolute Gasteiger partial charge is 0.343 e. The molecule has 0 saturated carbocycles. The van der Waals surface area contributed by atoms with Gasteiger partial charge in [0.05, 0.1) is 19.4 Å². The van der Waals surface area contributed by atoms with E-state index in [9.17, 15) is 4.79 Å². The number of anilines is 2. The molecule has 0 radical (unpaired) electrons. The fraction of sp³-hybridized carbons (Fsp3) is 0.500. The summed E-state index contributed by atoms with van der Waals surface area (Å²) >= 11 is 1.20. The third-order valence-electron chi connectivity index (χ3n) is 2.65. The zero-order valence-electron chi connectivity index (χ0n) is 11.2. The predicted octanol–water partition coefficient (Wildman–Crippen LogP) is 1.46. The minimum atomic E-state index is -0.527. The van der Waals surface area contributed by atoms with E-state index in [4.69, 9.17) is 20.5 Å². The summed E-state index contributed by atoms with van der Waals surface area (Å²) in [6.45, 7) is 3.77. The third kappa shape index (κ3) is 3.16. The lowest BCUT2D eigenvalue weighted by Gasteiger charge is -2.21. The molecule has 0 aliphatic carbocycles. The summed E-state index contributed by atoms with van der Waals surface area (Å²) in [5.41, 5.74) is 6.29. The number of likely N-dealkylation sites (N-methyl/N-ethyl adjacent to an activating group) is 1. The van der Waals surface area contributed by atoms with Crippen LogP contribution in [0.1, 0.15) is 22.2 Å². The first-order chi connectivity index (χ1) is 9.10. The van der Waals surface area contributed by atoms with Crippen molar-refractivity contribution in [3.63, 3.8) is 0 Å². The van der Waals surface area contributed by atoms with Gasteiger partial charge in [0.25, 0.3) is 0 Å². The molecule has 0 saturated heterocycles. The SMILES string of the molecule is CCN(CCOC)c1sc(C#N)c(N)c1C(=O)OC. The molecule has 0 fully saturated rings. The zero-order chi connectivity index (χ0) is 14.4. The lowest BCUT2D eigenvalue weighted by Crippen LogP contribution is -2.27. The van der Waals surface area contributed by atoms with Gasteiger partial charge in [-0.15, -0.1) is 11.3 Å². The Morgan fingerprint density at radius 3 is 2.68 bits per heavy atom. The Hall–Kier alpha value is -1.78. The van der Waals surface area contributed by atoms with Gasteiger partial charge in [-0.05, 0) is 6.92 Å². The number of nitrogens with two attached hydrogens (primary N) is 1. The quantitative estimate of drug-likeness (QED) is 0.795. The molecule has 0 bridgehead atoms. The third-order valence-corrected chi connectivity index (χ3v) is 3.82. The number of hydrogen-bond donors (Lipinski definition) is 1. The van der Waals surface area contributed by atoms with E-state index < -0.39 is 5.97 Å². The molecule has 0 spiro atoms. The Balaban J connectivity index is 3.24. The van der Waals surface area contributed by atoms with Crippen molar-refractivity contribution in [3.05, 3.63) is 10.4 Å². The van der Waals surface area contributed by atoms with Gasteiger partial charge in [0, 0.05) is 20.2 Å². The van der Waals surface area contributed by atoms with Crippen LogP contribution in [0.3, 0.4) is 0 Å². The highest BCUT2D eigenvalue weighted by Gasteiger charge is 2.25. The van der Waals surface area contributed by atoms with Crippen LogP contribution < -0.4 is 10.6 Å². The molecule has 1 rings (SSSR count). The first kappa shape index (κ1) is 15.3. The van der Waals surface area contributed by atoms with Crippen LogP contribution in [0.5, 0.6) is 0 Å². The number of ether oxygens (including phenoxy) is 2. The summed E-state index contributed by atoms with van der Waals surface area (Å²) in [5, 5.41) is 9.68. The minimum Gasteiger partial charge on any atom is -0.465 e. The predicted molar refractivity (Wildman–Crippen MR) is 74.5 cm³/mol. The van der Waals surface area contributed by atoms with Crippen LogP contribution in [-0.4, -0.2) is 39.9 Å². The standard InChI is InChI=1S/C12H17N3O3S/c1-4-15(5-6-17-2)11-9(12(16)18-3)10(14)8(7-13)19-11/h4-6,14H2,1-3H3. The van der Waals surface area contributed by atoms with Gasteiger partial charge < -0.3 is 20.1 Å². The normalized spacial score (nSPS) is 10.0. The average molecular weight is 283 g/mol. The number of thiophene rings is 1. The monoisotopic (exact) mass is 283 g/mol. The Labute approximate surface area is 116 Å². The summed E-state index contributed by atoms with van der Waals surface area (Å²) in [5.74, 6) is -0.527. The molecule has 0 aromatic carbocycles. The van der Waals surface area contributed by atoms with Crippen molar-refractivity contribution >= 4 is 28.0 Å².